The van der Waals surface area contributed by atoms with Crippen LogP contribution in [-0.2, 0) is 4.79 Å². The molecule has 0 aromatic carbocycles. The van der Waals surface area contributed by atoms with E-state index in [2.05, 4.69) is 18.4 Å². The first kappa shape index (κ1) is 14.3. The highest BCUT2D eigenvalue weighted by molar-refractivity contribution is 5.96. The van der Waals surface area contributed by atoms with Crippen LogP contribution in [0.4, 0.5) is 0 Å². The maximum absolute atomic E-state index is 12.2. The molecule has 0 amide bonds. The topological polar surface area (TPSA) is 40.5 Å². The zero-order valence-corrected chi connectivity index (χ0v) is 12.3. The molecule has 1 fully saturated rings. The van der Waals surface area contributed by atoms with Crippen molar-refractivity contribution in [2.24, 2.45) is 5.92 Å². The van der Waals surface area contributed by atoms with Crippen molar-refractivity contribution in [2.75, 3.05) is 6.54 Å². The van der Waals surface area contributed by atoms with Crippen LogP contribution in [0.15, 0.2) is 23.4 Å². The number of carbonyl (C=O) groups excluding carboxylic acids is 1. The van der Waals surface area contributed by atoms with Crippen LogP contribution in [0.2, 0.25) is 0 Å². The van der Waals surface area contributed by atoms with Crippen molar-refractivity contribution in [3.8, 4) is 0 Å². The molecule has 19 heavy (non-hydrogen) atoms. The molecule has 1 N–H and O–H groups in total. The Morgan fingerprint density at radius 2 is 2.05 bits per heavy atom. The molecule has 2 aliphatic rings. The highest BCUT2D eigenvalue weighted by Gasteiger charge is 2.32. The molecular formula is C16H25NO2. The molecule has 0 aromatic rings. The normalized spacial score (nSPS) is 32.7. The van der Waals surface area contributed by atoms with Gasteiger partial charge in [-0.2, -0.15) is 0 Å². The van der Waals surface area contributed by atoms with Crippen LogP contribution < -0.4 is 0 Å². The summed E-state index contributed by atoms with van der Waals surface area (Å²) < 4.78 is 0. The standard InChI is InChI=1S/C16H25NO2/c1-10(2)13-7-15(12(4)16(19)8-13)17-9-14(18)6-5-11(17)3/h11,13-14,18H,1,5-9H2,2-4H3/t11-,13?,14-/m1/s1. The summed E-state index contributed by atoms with van der Waals surface area (Å²) in [6.07, 6.45) is 3.07. The van der Waals surface area contributed by atoms with Gasteiger partial charge in [-0.05, 0) is 46.0 Å². The van der Waals surface area contributed by atoms with Crippen LogP contribution in [0, 0.1) is 5.92 Å². The van der Waals surface area contributed by atoms with Gasteiger partial charge in [-0.3, -0.25) is 4.79 Å². The molecule has 3 atom stereocenters. The van der Waals surface area contributed by atoms with Crippen LogP contribution in [0.5, 0.6) is 0 Å². The minimum Gasteiger partial charge on any atom is -0.391 e. The summed E-state index contributed by atoms with van der Waals surface area (Å²) in [7, 11) is 0. The second kappa shape index (κ2) is 5.49. The molecule has 0 aromatic heterocycles. The number of allylic oxidation sites excluding steroid dienone is 3. The Balaban J connectivity index is 2.27. The number of carbonyl (C=O) groups is 1. The zero-order chi connectivity index (χ0) is 14.2. The molecule has 1 aliphatic carbocycles. The van der Waals surface area contributed by atoms with E-state index in [1.807, 2.05) is 13.8 Å². The van der Waals surface area contributed by atoms with E-state index in [0.29, 0.717) is 19.0 Å². The summed E-state index contributed by atoms with van der Waals surface area (Å²) in [5.41, 5.74) is 3.11. The minimum absolute atomic E-state index is 0.238. The number of hydrogen-bond donors (Lipinski definition) is 1. The monoisotopic (exact) mass is 263 g/mol. The van der Waals surface area contributed by atoms with Crippen molar-refractivity contribution in [3.63, 3.8) is 0 Å². The van der Waals surface area contributed by atoms with Crippen molar-refractivity contribution in [1.29, 1.82) is 0 Å². The van der Waals surface area contributed by atoms with Gasteiger partial charge in [-0.1, -0.05) is 12.2 Å². The molecule has 3 nitrogen and oxygen atoms in total. The minimum atomic E-state index is -0.267. The number of aliphatic hydroxyl groups excluding tert-OH is 1. The van der Waals surface area contributed by atoms with Gasteiger partial charge in [-0.15, -0.1) is 0 Å². The predicted octanol–water partition coefficient (Wildman–Crippen LogP) is 2.66. The number of β-amino-alcohol motifs (C(OH)–C–C–N with tert-alkyl or cyclic N) is 1. The lowest BCUT2D eigenvalue weighted by molar-refractivity contribution is -0.117. The van der Waals surface area contributed by atoms with E-state index in [4.69, 9.17) is 0 Å². The summed E-state index contributed by atoms with van der Waals surface area (Å²) >= 11 is 0. The van der Waals surface area contributed by atoms with Gasteiger partial charge in [0.2, 0.25) is 0 Å². The lowest BCUT2D eigenvalue weighted by Gasteiger charge is -2.42. The van der Waals surface area contributed by atoms with E-state index in [1.54, 1.807) is 0 Å². The van der Waals surface area contributed by atoms with Crippen LogP contribution in [0.1, 0.15) is 46.5 Å². The Labute approximate surface area is 116 Å². The molecule has 3 heteroatoms. The molecular weight excluding hydrogens is 238 g/mol. The summed E-state index contributed by atoms with van der Waals surface area (Å²) in [6.45, 7) is 10.8. The number of aliphatic hydroxyl groups is 1. The molecule has 0 saturated carbocycles. The van der Waals surface area contributed by atoms with Gasteiger partial charge in [0.25, 0.3) is 0 Å². The summed E-state index contributed by atoms with van der Waals surface area (Å²) in [5.74, 6) is 0.499. The second-order valence-electron chi connectivity index (χ2n) is 6.18. The fraction of sp³-hybridized carbons (Fsp3) is 0.688. The summed E-state index contributed by atoms with van der Waals surface area (Å²) in [5, 5.41) is 9.89. The van der Waals surface area contributed by atoms with Crippen LogP contribution in [-0.4, -0.2) is 34.5 Å². The Morgan fingerprint density at radius 3 is 2.68 bits per heavy atom. The average Bonchev–Trinajstić information content (AvgIpc) is 2.35. The van der Waals surface area contributed by atoms with E-state index in [1.165, 1.54) is 0 Å². The van der Waals surface area contributed by atoms with Crippen molar-refractivity contribution >= 4 is 5.78 Å². The predicted molar refractivity (Wildman–Crippen MR) is 76.7 cm³/mol. The van der Waals surface area contributed by atoms with Crippen LogP contribution in [0.3, 0.4) is 0 Å². The first-order valence-electron chi connectivity index (χ1n) is 7.23. The number of likely N-dealkylation sites (tertiary alicyclic amines) is 1. The Bertz CT molecular complexity index is 424. The molecule has 1 unspecified atom stereocenters. The third-order valence-electron chi connectivity index (χ3n) is 4.62. The van der Waals surface area contributed by atoms with Crippen molar-refractivity contribution in [2.45, 2.75) is 58.6 Å². The number of nitrogens with zero attached hydrogens (tertiary/aromatic N) is 1. The first-order chi connectivity index (χ1) is 8.90. The van der Waals surface area contributed by atoms with Gasteiger partial charge < -0.3 is 10.0 Å². The Morgan fingerprint density at radius 1 is 1.37 bits per heavy atom. The van der Waals surface area contributed by atoms with E-state index in [-0.39, 0.29) is 17.8 Å². The van der Waals surface area contributed by atoms with E-state index < -0.39 is 0 Å². The number of hydrogen-bond acceptors (Lipinski definition) is 3. The van der Waals surface area contributed by atoms with E-state index >= 15 is 0 Å². The number of rotatable bonds is 2. The molecule has 0 bridgehead atoms. The fourth-order valence-electron chi connectivity index (χ4n) is 3.14. The lowest BCUT2D eigenvalue weighted by Crippen LogP contribution is -2.45. The van der Waals surface area contributed by atoms with Gasteiger partial charge in [-0.25, -0.2) is 0 Å². The van der Waals surface area contributed by atoms with Gasteiger partial charge in [0.15, 0.2) is 5.78 Å². The summed E-state index contributed by atoms with van der Waals surface area (Å²) in [4.78, 5) is 14.4. The molecule has 2 rings (SSSR count). The van der Waals surface area contributed by atoms with Crippen molar-refractivity contribution in [3.05, 3.63) is 23.4 Å². The Hall–Kier alpha value is -1.09. The first-order valence-corrected chi connectivity index (χ1v) is 7.23. The van der Waals surface area contributed by atoms with Crippen molar-refractivity contribution in [1.82, 2.24) is 4.90 Å². The summed E-state index contributed by atoms with van der Waals surface area (Å²) in [6, 6.07) is 0.407. The third kappa shape index (κ3) is 2.92. The largest absolute Gasteiger partial charge is 0.391 e. The molecule has 1 saturated heterocycles. The maximum atomic E-state index is 12.2. The van der Waals surface area contributed by atoms with Crippen molar-refractivity contribution < 1.29 is 9.90 Å². The highest BCUT2D eigenvalue weighted by atomic mass is 16.3. The third-order valence-corrected chi connectivity index (χ3v) is 4.62. The second-order valence-corrected chi connectivity index (χ2v) is 6.18. The van der Waals surface area contributed by atoms with Gasteiger partial charge in [0.05, 0.1) is 6.10 Å². The molecule has 1 aliphatic heterocycles. The quantitative estimate of drug-likeness (QED) is 0.779. The van der Waals surface area contributed by atoms with Gasteiger partial charge in [0, 0.05) is 30.3 Å². The van der Waals surface area contributed by atoms with E-state index in [0.717, 1.165) is 36.1 Å². The molecule has 1 heterocycles. The molecule has 106 valence electrons. The lowest BCUT2D eigenvalue weighted by atomic mass is 9.81. The number of piperidine rings is 1. The smallest absolute Gasteiger partial charge is 0.160 e. The Kier molecular flexibility index (Phi) is 4.14. The van der Waals surface area contributed by atoms with Gasteiger partial charge in [0.1, 0.15) is 0 Å². The number of Topliss-reactive ketones (excluding diaryl/α,β-unsaturated/α-hetero) is 1. The maximum Gasteiger partial charge on any atom is 0.160 e. The SMILES string of the molecule is C=C(C)C1CC(=O)C(C)=C(N2C[C@H](O)CC[C@H]2C)C1. The molecule has 0 radical (unpaired) electrons. The average molecular weight is 263 g/mol. The highest BCUT2D eigenvalue weighted by Crippen LogP contribution is 2.35. The zero-order valence-electron chi connectivity index (χ0n) is 12.3. The fourth-order valence-corrected chi connectivity index (χ4v) is 3.14. The van der Waals surface area contributed by atoms with Crippen LogP contribution >= 0.6 is 0 Å². The van der Waals surface area contributed by atoms with Gasteiger partial charge >= 0.3 is 0 Å². The van der Waals surface area contributed by atoms with E-state index in [9.17, 15) is 9.90 Å². The van der Waals surface area contributed by atoms with Crippen LogP contribution in [0.25, 0.3) is 0 Å². The number of ketones is 1. The molecule has 0 spiro atoms.